The Morgan fingerprint density at radius 3 is 2.75 bits per heavy atom. The van der Waals surface area contributed by atoms with Crippen LogP contribution < -0.4 is 14.4 Å². The van der Waals surface area contributed by atoms with E-state index in [1.165, 1.54) is 11.1 Å². The van der Waals surface area contributed by atoms with Crippen molar-refractivity contribution in [3.8, 4) is 5.75 Å². The number of hydrogen-bond acceptors (Lipinski definition) is 5. The Bertz CT molecular complexity index is 1580. The number of aryl methyl sites for hydroxylation is 1. The summed E-state index contributed by atoms with van der Waals surface area (Å²) >= 11 is 6.45. The number of fused-ring (bicyclic) bond motifs is 5. The summed E-state index contributed by atoms with van der Waals surface area (Å²) in [6.45, 7) is 7.06. The molecule has 7 atom stereocenters. The Balaban J connectivity index is 1.32. The third-order valence-corrected chi connectivity index (χ3v) is 13.9. The molecule has 2 aliphatic carbocycles. The lowest BCUT2D eigenvalue weighted by Gasteiger charge is -2.49. The molecule has 1 saturated carbocycles. The maximum atomic E-state index is 13.8. The first-order chi connectivity index (χ1) is 21.1. The third kappa shape index (κ3) is 5.27. The van der Waals surface area contributed by atoms with E-state index in [2.05, 4.69) is 46.7 Å². The van der Waals surface area contributed by atoms with Crippen LogP contribution in [0.2, 0.25) is 5.02 Å². The van der Waals surface area contributed by atoms with Gasteiger partial charge in [-0.2, -0.15) is 0 Å². The van der Waals surface area contributed by atoms with Gasteiger partial charge in [0.05, 0.1) is 27.6 Å². The summed E-state index contributed by atoms with van der Waals surface area (Å²) in [6.07, 6.45) is 12.9. The fraction of sp³-hybridized carbons (Fsp3) is 0.556. The van der Waals surface area contributed by atoms with Crippen molar-refractivity contribution in [3.63, 3.8) is 0 Å². The number of amides is 1. The first-order valence-electron chi connectivity index (χ1n) is 16.4. The number of rotatable bonds is 0. The molecule has 8 heteroatoms. The SMILES string of the molecule is C=S1(=O)NC(=O)c2ccc3c(c2)N(C[C@@H]2CC[C@H]2[C@@]2(/C=C/C[C@H](C)[C@H]1C)CCCO2)C[C@@]1(CCCc2cc(Cl)ccc21)CO3. The Kier molecular flexibility index (Phi) is 7.82. The number of nitrogens with one attached hydrogen (secondary N) is 1. The van der Waals surface area contributed by atoms with Crippen molar-refractivity contribution < 1.29 is 18.5 Å². The van der Waals surface area contributed by atoms with E-state index in [1.807, 2.05) is 25.1 Å². The van der Waals surface area contributed by atoms with Gasteiger partial charge >= 0.3 is 0 Å². The van der Waals surface area contributed by atoms with E-state index >= 15 is 0 Å². The van der Waals surface area contributed by atoms with Crippen LogP contribution >= 0.6 is 11.6 Å². The molecular weight excluding hydrogens is 592 g/mol. The van der Waals surface area contributed by atoms with Crippen molar-refractivity contribution in [2.45, 2.75) is 81.5 Å². The predicted octanol–water partition coefficient (Wildman–Crippen LogP) is 6.73. The van der Waals surface area contributed by atoms with Gasteiger partial charge in [0.1, 0.15) is 5.75 Å². The number of carbonyl (C=O) groups excluding carboxylic acids is 1. The number of anilines is 1. The molecule has 1 N–H and O–H groups in total. The molecule has 1 amide bonds. The van der Waals surface area contributed by atoms with Crippen molar-refractivity contribution >= 4 is 38.8 Å². The minimum atomic E-state index is -2.89. The number of benzene rings is 2. The molecule has 44 heavy (non-hydrogen) atoms. The molecule has 2 aromatic rings. The van der Waals surface area contributed by atoms with Crippen molar-refractivity contribution in [2.24, 2.45) is 17.8 Å². The summed E-state index contributed by atoms with van der Waals surface area (Å²) in [4.78, 5) is 16.1. The molecule has 0 radical (unpaired) electrons. The van der Waals surface area contributed by atoms with E-state index in [-0.39, 0.29) is 28.1 Å². The lowest BCUT2D eigenvalue weighted by atomic mass is 9.63. The first-order valence-corrected chi connectivity index (χ1v) is 18.6. The number of allylic oxidation sites excluding steroid dienone is 1. The van der Waals surface area contributed by atoms with Crippen molar-refractivity contribution in [3.05, 3.63) is 70.3 Å². The number of hydrogen-bond donors (Lipinski definition) is 1. The standard InChI is InChI=1S/C36H45ClN2O4S/c1-24-7-4-16-36(17-6-18-43-36)31-12-9-28(31)21-39-22-35(15-5-8-26-19-29(37)11-13-30(26)35)23-42-33-14-10-27(20-32(33)39)34(40)38-44(3,41)25(24)2/h4,10-11,13-14,16,19-20,24-25,28,31H,3,5-9,12,15,17-18,21-23H2,1-2H3,(H,38,40,41)/b16-4+/t24-,25+,28-,31+,35-,36+,44?/m0/s1. The summed E-state index contributed by atoms with van der Waals surface area (Å²) in [7, 11) is -2.89. The zero-order chi connectivity index (χ0) is 30.7. The maximum absolute atomic E-state index is 13.8. The molecule has 2 bridgehead atoms. The lowest BCUT2D eigenvalue weighted by Crippen LogP contribution is -2.52. The van der Waals surface area contributed by atoms with Crippen molar-refractivity contribution in [2.75, 3.05) is 31.2 Å². The largest absolute Gasteiger partial charge is 0.490 e. The lowest BCUT2D eigenvalue weighted by molar-refractivity contribution is -0.0626. The van der Waals surface area contributed by atoms with Gasteiger partial charge in [-0.05, 0) is 123 Å². The van der Waals surface area contributed by atoms with Crippen LogP contribution in [0.25, 0.3) is 0 Å². The van der Waals surface area contributed by atoms with Gasteiger partial charge in [-0.1, -0.05) is 36.7 Å². The van der Waals surface area contributed by atoms with E-state index in [1.54, 1.807) is 6.07 Å². The Hall–Kier alpha value is -2.48. The fourth-order valence-corrected chi connectivity index (χ4v) is 10.2. The third-order valence-electron chi connectivity index (χ3n) is 11.5. The quantitative estimate of drug-likeness (QED) is 0.256. The average molecular weight is 637 g/mol. The molecule has 1 unspecified atom stereocenters. The molecule has 6 nitrogen and oxygen atoms in total. The van der Waals surface area contributed by atoms with E-state index in [4.69, 9.17) is 21.1 Å². The average Bonchev–Trinajstić information content (AvgIpc) is 3.38. The van der Waals surface area contributed by atoms with Crippen LogP contribution in [-0.4, -0.2) is 53.1 Å². The number of carbonyl (C=O) groups is 1. The van der Waals surface area contributed by atoms with Gasteiger partial charge in [-0.25, -0.2) is 4.21 Å². The van der Waals surface area contributed by atoms with Gasteiger partial charge in [0.2, 0.25) is 0 Å². The summed E-state index contributed by atoms with van der Waals surface area (Å²) in [5, 5.41) is 0.485. The second-order valence-corrected chi connectivity index (χ2v) is 17.0. The Labute approximate surface area is 267 Å². The van der Waals surface area contributed by atoms with Gasteiger partial charge < -0.3 is 14.4 Å². The zero-order valence-electron chi connectivity index (χ0n) is 26.0. The van der Waals surface area contributed by atoms with Crippen LogP contribution in [0.15, 0.2) is 48.6 Å². The molecule has 2 aromatic carbocycles. The van der Waals surface area contributed by atoms with E-state index < -0.39 is 9.71 Å². The minimum absolute atomic E-state index is 0.0838. The zero-order valence-corrected chi connectivity index (χ0v) is 27.6. The van der Waals surface area contributed by atoms with Gasteiger partial charge in [-0.3, -0.25) is 9.52 Å². The molecular formula is C36H45ClN2O4S. The minimum Gasteiger partial charge on any atom is -0.490 e. The summed E-state index contributed by atoms with van der Waals surface area (Å²) in [6, 6.07) is 12.0. The highest BCUT2D eigenvalue weighted by Crippen LogP contribution is 2.51. The van der Waals surface area contributed by atoms with E-state index in [0.29, 0.717) is 24.0 Å². The Morgan fingerprint density at radius 2 is 1.98 bits per heavy atom. The smallest absolute Gasteiger partial charge is 0.262 e. The van der Waals surface area contributed by atoms with Crippen molar-refractivity contribution in [1.29, 1.82) is 0 Å². The van der Waals surface area contributed by atoms with Crippen LogP contribution in [0.3, 0.4) is 0 Å². The molecule has 236 valence electrons. The molecule has 2 fully saturated rings. The second kappa shape index (κ2) is 11.4. The summed E-state index contributed by atoms with van der Waals surface area (Å²) in [5.74, 6) is 5.44. The molecule has 7 rings (SSSR count). The highest BCUT2D eigenvalue weighted by Gasteiger charge is 2.50. The number of nitrogens with zero attached hydrogens (tertiary/aromatic N) is 1. The highest BCUT2D eigenvalue weighted by atomic mass is 35.5. The molecule has 5 aliphatic rings. The summed E-state index contributed by atoms with van der Waals surface area (Å²) < 4.78 is 29.9. The summed E-state index contributed by atoms with van der Waals surface area (Å²) in [5.41, 5.74) is 3.62. The molecule has 1 saturated heterocycles. The van der Waals surface area contributed by atoms with Crippen molar-refractivity contribution in [1.82, 2.24) is 4.72 Å². The van der Waals surface area contributed by atoms with Gasteiger partial charge in [0.25, 0.3) is 5.91 Å². The monoisotopic (exact) mass is 636 g/mol. The Morgan fingerprint density at radius 1 is 1.11 bits per heavy atom. The first kappa shape index (κ1) is 30.2. The van der Waals surface area contributed by atoms with Gasteiger partial charge in [0, 0.05) is 40.9 Å². The number of halogens is 1. The molecule has 2 spiro atoms. The van der Waals surface area contributed by atoms with E-state index in [0.717, 1.165) is 87.5 Å². The second-order valence-electron chi connectivity index (χ2n) is 14.1. The maximum Gasteiger partial charge on any atom is 0.262 e. The van der Waals surface area contributed by atoms with Crippen LogP contribution in [0.1, 0.15) is 80.3 Å². The predicted molar refractivity (Wildman–Crippen MR) is 179 cm³/mol. The van der Waals surface area contributed by atoms with Crippen LogP contribution in [0.4, 0.5) is 5.69 Å². The van der Waals surface area contributed by atoms with E-state index in [9.17, 15) is 9.00 Å². The van der Waals surface area contributed by atoms with Crippen LogP contribution in [-0.2, 0) is 26.3 Å². The number of ether oxygens (including phenoxy) is 2. The highest BCUT2D eigenvalue weighted by molar-refractivity contribution is 7.99. The van der Waals surface area contributed by atoms with Crippen LogP contribution in [0, 0.1) is 17.8 Å². The fourth-order valence-electron chi connectivity index (χ4n) is 8.56. The molecule has 0 aromatic heterocycles. The molecule has 3 aliphatic heterocycles. The molecule has 3 heterocycles. The topological polar surface area (TPSA) is 67.9 Å². The van der Waals surface area contributed by atoms with Crippen LogP contribution in [0.5, 0.6) is 5.75 Å². The normalized spacial score (nSPS) is 37.7. The van der Waals surface area contributed by atoms with Gasteiger partial charge in [0.15, 0.2) is 0 Å². The van der Waals surface area contributed by atoms with Gasteiger partial charge in [-0.15, -0.1) is 0 Å².